The first-order valence-corrected chi connectivity index (χ1v) is 7.96. The van der Waals surface area contributed by atoms with E-state index >= 15 is 0 Å². The van der Waals surface area contributed by atoms with E-state index in [0.29, 0.717) is 16.2 Å². The van der Waals surface area contributed by atoms with Gasteiger partial charge in [0.25, 0.3) is 5.56 Å². The molecule has 9 heteroatoms. The minimum Gasteiger partial charge on any atom is -0.300 e. The fraction of sp³-hybridized carbons (Fsp3) is 0.133. The monoisotopic (exact) mass is 340 g/mol. The number of hydrogen-bond donors (Lipinski definition) is 1. The summed E-state index contributed by atoms with van der Waals surface area (Å²) in [5.41, 5.74) is 1.02. The van der Waals surface area contributed by atoms with E-state index in [9.17, 15) is 9.59 Å². The largest absolute Gasteiger partial charge is 0.300 e. The Morgan fingerprint density at radius 3 is 3.00 bits per heavy atom. The van der Waals surface area contributed by atoms with Crippen LogP contribution in [0.3, 0.4) is 0 Å². The molecular weight excluding hydrogens is 328 g/mol. The van der Waals surface area contributed by atoms with E-state index in [4.69, 9.17) is 0 Å². The van der Waals surface area contributed by atoms with E-state index in [-0.39, 0.29) is 18.0 Å². The van der Waals surface area contributed by atoms with Gasteiger partial charge in [0, 0.05) is 7.05 Å². The number of aryl methyl sites for hydroxylation is 1. The van der Waals surface area contributed by atoms with Crippen molar-refractivity contribution in [2.24, 2.45) is 7.05 Å². The summed E-state index contributed by atoms with van der Waals surface area (Å²) < 4.78 is 3.76. The van der Waals surface area contributed by atoms with Gasteiger partial charge < -0.3 is 5.32 Å². The van der Waals surface area contributed by atoms with E-state index in [0.717, 1.165) is 10.2 Å². The third kappa shape index (κ3) is 2.44. The van der Waals surface area contributed by atoms with Crippen molar-refractivity contribution < 1.29 is 4.79 Å². The van der Waals surface area contributed by atoms with Gasteiger partial charge in [0.15, 0.2) is 10.8 Å². The molecule has 0 aliphatic rings. The molecule has 0 saturated carbocycles. The second-order valence-corrected chi connectivity index (χ2v) is 6.25. The summed E-state index contributed by atoms with van der Waals surface area (Å²) in [7, 11) is 1.71. The number of anilines is 1. The number of hydrogen-bond acceptors (Lipinski definition) is 6. The number of carbonyl (C=O) groups excluding carboxylic acids is 1. The molecule has 120 valence electrons. The van der Waals surface area contributed by atoms with E-state index in [1.165, 1.54) is 33.1 Å². The van der Waals surface area contributed by atoms with Crippen molar-refractivity contribution in [3.8, 4) is 0 Å². The quantitative estimate of drug-likeness (QED) is 0.608. The third-order valence-corrected chi connectivity index (χ3v) is 4.52. The molecule has 0 radical (unpaired) electrons. The fourth-order valence-corrected chi connectivity index (χ4v) is 3.30. The van der Waals surface area contributed by atoms with Crippen molar-refractivity contribution in [3.05, 3.63) is 47.1 Å². The Balaban J connectivity index is 1.57. The molecule has 0 aliphatic carbocycles. The normalized spacial score (nSPS) is 11.2. The first-order valence-electron chi connectivity index (χ1n) is 7.14. The van der Waals surface area contributed by atoms with Crippen LogP contribution in [-0.2, 0) is 18.4 Å². The van der Waals surface area contributed by atoms with Crippen LogP contribution in [-0.4, -0.2) is 30.2 Å². The van der Waals surface area contributed by atoms with Crippen molar-refractivity contribution in [2.45, 2.75) is 6.54 Å². The molecule has 1 amide bonds. The van der Waals surface area contributed by atoms with Crippen molar-refractivity contribution in [1.82, 2.24) is 24.3 Å². The lowest BCUT2D eigenvalue weighted by atomic mass is 10.3. The maximum Gasteiger partial charge on any atom is 0.264 e. The first-order chi connectivity index (χ1) is 11.6. The summed E-state index contributed by atoms with van der Waals surface area (Å²) in [5, 5.41) is 7.61. The van der Waals surface area contributed by atoms with E-state index in [1.54, 1.807) is 7.05 Å². The molecule has 4 aromatic rings. The third-order valence-electron chi connectivity index (χ3n) is 3.57. The van der Waals surface area contributed by atoms with Gasteiger partial charge in [-0.1, -0.05) is 23.5 Å². The zero-order valence-corrected chi connectivity index (χ0v) is 13.4. The minimum absolute atomic E-state index is 0.132. The number of aromatic nitrogens is 5. The predicted octanol–water partition coefficient (Wildman–Crippen LogP) is 1.38. The number of thiazole rings is 1. The lowest BCUT2D eigenvalue weighted by Gasteiger charge is -2.05. The van der Waals surface area contributed by atoms with Crippen LogP contribution in [0.1, 0.15) is 0 Å². The first kappa shape index (κ1) is 14.5. The number of rotatable bonds is 3. The van der Waals surface area contributed by atoms with Gasteiger partial charge in [-0.25, -0.2) is 9.97 Å². The van der Waals surface area contributed by atoms with Crippen LogP contribution < -0.4 is 10.9 Å². The van der Waals surface area contributed by atoms with Gasteiger partial charge in [-0.15, -0.1) is 0 Å². The number of carbonyl (C=O) groups is 1. The van der Waals surface area contributed by atoms with Crippen molar-refractivity contribution in [2.75, 3.05) is 5.32 Å². The second kappa shape index (κ2) is 5.53. The average Bonchev–Trinajstić information content (AvgIpc) is 3.13. The molecule has 3 heterocycles. The molecule has 4 rings (SSSR count). The topological polar surface area (TPSA) is 94.7 Å². The number of fused-ring (bicyclic) bond motifs is 2. The van der Waals surface area contributed by atoms with Gasteiger partial charge in [0.1, 0.15) is 18.3 Å². The molecule has 8 nitrogen and oxygen atoms in total. The molecule has 0 unspecified atom stereocenters. The van der Waals surface area contributed by atoms with E-state index in [2.05, 4.69) is 20.4 Å². The zero-order valence-electron chi connectivity index (χ0n) is 12.6. The molecule has 0 fully saturated rings. The summed E-state index contributed by atoms with van der Waals surface area (Å²) in [5.74, 6) is -0.332. The van der Waals surface area contributed by atoms with E-state index < -0.39 is 0 Å². The van der Waals surface area contributed by atoms with Crippen molar-refractivity contribution in [1.29, 1.82) is 0 Å². The zero-order chi connectivity index (χ0) is 16.7. The maximum absolute atomic E-state index is 12.3. The van der Waals surface area contributed by atoms with Gasteiger partial charge in [-0.2, -0.15) is 5.10 Å². The number of nitrogens with zero attached hydrogens (tertiary/aromatic N) is 5. The number of benzene rings is 1. The molecule has 1 aromatic carbocycles. The van der Waals surface area contributed by atoms with Gasteiger partial charge >= 0.3 is 0 Å². The summed E-state index contributed by atoms with van der Waals surface area (Å²) >= 11 is 1.39. The van der Waals surface area contributed by atoms with Crippen LogP contribution in [0.15, 0.2) is 41.6 Å². The van der Waals surface area contributed by atoms with Crippen LogP contribution >= 0.6 is 11.3 Å². The lowest BCUT2D eigenvalue weighted by molar-refractivity contribution is -0.116. The Hall–Kier alpha value is -3.07. The maximum atomic E-state index is 12.3. The molecule has 0 spiro atoms. The van der Waals surface area contributed by atoms with Crippen LogP contribution in [0.5, 0.6) is 0 Å². The van der Waals surface area contributed by atoms with E-state index in [1.807, 2.05) is 24.3 Å². The predicted molar refractivity (Wildman–Crippen MR) is 91.0 cm³/mol. The molecule has 24 heavy (non-hydrogen) atoms. The molecule has 0 atom stereocenters. The van der Waals surface area contributed by atoms with Crippen molar-refractivity contribution in [3.63, 3.8) is 0 Å². The van der Waals surface area contributed by atoms with Crippen LogP contribution in [0.4, 0.5) is 5.13 Å². The summed E-state index contributed by atoms with van der Waals surface area (Å²) in [6.45, 7) is -0.132. The Morgan fingerprint density at radius 2 is 2.17 bits per heavy atom. The summed E-state index contributed by atoms with van der Waals surface area (Å²) in [4.78, 5) is 33.1. The van der Waals surface area contributed by atoms with Gasteiger partial charge in [-0.05, 0) is 12.1 Å². The standard InChI is InChI=1S/C15H12N6O2S/c1-20-13-9(6-17-20)14(23)21(8-16-13)7-12(22)19-15-18-10-4-2-3-5-11(10)24-15/h2-6,8H,7H2,1H3,(H,18,19,22). The Kier molecular flexibility index (Phi) is 3.35. The molecule has 0 aliphatic heterocycles. The molecule has 1 N–H and O–H groups in total. The fourth-order valence-electron chi connectivity index (χ4n) is 2.42. The minimum atomic E-state index is -0.332. The highest BCUT2D eigenvalue weighted by atomic mass is 32.1. The molecule has 0 saturated heterocycles. The Labute approximate surface area is 139 Å². The van der Waals surface area contributed by atoms with Crippen molar-refractivity contribution >= 4 is 43.6 Å². The van der Waals surface area contributed by atoms with Crippen LogP contribution in [0, 0.1) is 0 Å². The lowest BCUT2D eigenvalue weighted by Crippen LogP contribution is -2.27. The molecule has 0 bridgehead atoms. The van der Waals surface area contributed by atoms with Crippen LogP contribution in [0.2, 0.25) is 0 Å². The van der Waals surface area contributed by atoms with Crippen LogP contribution in [0.25, 0.3) is 21.3 Å². The highest BCUT2D eigenvalue weighted by Crippen LogP contribution is 2.25. The SMILES string of the molecule is Cn1ncc2c(=O)n(CC(=O)Nc3nc4ccccc4s3)cnc21. The second-order valence-electron chi connectivity index (χ2n) is 5.22. The Bertz CT molecular complexity index is 1090. The number of para-hydroxylation sites is 1. The van der Waals surface area contributed by atoms with Gasteiger partial charge in [-0.3, -0.25) is 18.8 Å². The summed E-state index contributed by atoms with van der Waals surface area (Å²) in [6, 6.07) is 7.63. The smallest absolute Gasteiger partial charge is 0.264 e. The summed E-state index contributed by atoms with van der Waals surface area (Å²) in [6.07, 6.45) is 2.80. The van der Waals surface area contributed by atoms with Gasteiger partial charge in [0.2, 0.25) is 5.91 Å². The highest BCUT2D eigenvalue weighted by Gasteiger charge is 2.12. The number of amides is 1. The molecular formula is C15H12N6O2S. The van der Waals surface area contributed by atoms with Gasteiger partial charge in [0.05, 0.1) is 16.4 Å². The highest BCUT2D eigenvalue weighted by molar-refractivity contribution is 7.22. The Morgan fingerprint density at radius 1 is 1.33 bits per heavy atom. The number of nitrogens with one attached hydrogen (secondary N) is 1. The molecule has 3 aromatic heterocycles. The average molecular weight is 340 g/mol.